The van der Waals surface area contributed by atoms with Gasteiger partial charge in [0.25, 0.3) is 0 Å². The van der Waals surface area contributed by atoms with Crippen molar-refractivity contribution >= 4 is 44.8 Å². The molecule has 0 amide bonds. The Hall–Kier alpha value is -1.27. The van der Waals surface area contributed by atoms with Crippen LogP contribution in [0.3, 0.4) is 0 Å². The fraction of sp³-hybridized carbons (Fsp3) is 0.429. The summed E-state index contributed by atoms with van der Waals surface area (Å²) in [5.41, 5.74) is 3.23. The first kappa shape index (κ1) is 20.0. The molecule has 1 aromatic carbocycles. The Morgan fingerprint density at radius 2 is 1.89 bits per heavy atom. The Kier molecular flexibility index (Phi) is 5.88. The lowest BCUT2D eigenvalue weighted by atomic mass is 10.0. The molecule has 150 valence electrons. The van der Waals surface area contributed by atoms with Crippen molar-refractivity contribution < 1.29 is 8.42 Å². The van der Waals surface area contributed by atoms with Crippen LogP contribution in [0.1, 0.15) is 30.4 Å². The van der Waals surface area contributed by atoms with Gasteiger partial charge < -0.3 is 10.2 Å². The van der Waals surface area contributed by atoms with Gasteiger partial charge in [-0.2, -0.15) is 0 Å². The molecule has 0 radical (unpaired) electrons. The van der Waals surface area contributed by atoms with Crippen molar-refractivity contribution in [3.05, 3.63) is 56.4 Å². The third-order valence-corrected chi connectivity index (χ3v) is 8.36. The van der Waals surface area contributed by atoms with E-state index in [4.69, 9.17) is 23.2 Å². The van der Waals surface area contributed by atoms with Crippen LogP contribution in [-0.4, -0.2) is 39.8 Å². The average molecular weight is 439 g/mol. The molecule has 4 rings (SSSR count). The SMILES string of the molecule is O=S(=O)(C1=CCCC(Cl)=C1)[C@@H]1C=Cc2c(ccc(Cl)c2N2CCNCC2)CC1. The zero-order valence-electron chi connectivity index (χ0n) is 15.6. The minimum Gasteiger partial charge on any atom is -0.367 e. The van der Waals surface area contributed by atoms with Gasteiger partial charge in [0, 0.05) is 36.8 Å². The van der Waals surface area contributed by atoms with E-state index < -0.39 is 15.1 Å². The summed E-state index contributed by atoms with van der Waals surface area (Å²) < 4.78 is 26.4. The standard InChI is InChI=1S/C21H24Cl2N2O2S/c22-16-2-1-3-18(14-16)28(26,27)17-6-4-15-5-9-20(23)21(19(15)8-7-17)25-12-10-24-11-13-25/h3,5,7-9,14,17,24H,1-2,4,6,10-13H2/t17-/m0/s1. The van der Waals surface area contributed by atoms with Crippen molar-refractivity contribution in [3.8, 4) is 0 Å². The Balaban J connectivity index is 1.68. The lowest BCUT2D eigenvalue weighted by Crippen LogP contribution is -2.44. The van der Waals surface area contributed by atoms with Crippen LogP contribution in [0.4, 0.5) is 5.69 Å². The lowest BCUT2D eigenvalue weighted by Gasteiger charge is -2.32. The Bertz CT molecular complexity index is 961. The fourth-order valence-electron chi connectivity index (χ4n) is 4.10. The molecule has 1 saturated heterocycles. The first-order valence-corrected chi connectivity index (χ1v) is 12.0. The van der Waals surface area contributed by atoms with Gasteiger partial charge in [0.2, 0.25) is 0 Å². The third kappa shape index (κ3) is 3.90. The van der Waals surface area contributed by atoms with E-state index in [-0.39, 0.29) is 0 Å². The van der Waals surface area contributed by atoms with Crippen molar-refractivity contribution in [2.45, 2.75) is 30.9 Å². The van der Waals surface area contributed by atoms with Crippen LogP contribution in [0.15, 0.2) is 40.3 Å². The van der Waals surface area contributed by atoms with Crippen molar-refractivity contribution in [1.82, 2.24) is 5.32 Å². The number of nitrogens with one attached hydrogen (secondary N) is 1. The van der Waals surface area contributed by atoms with Gasteiger partial charge in [-0.05, 0) is 43.4 Å². The number of hydrogen-bond acceptors (Lipinski definition) is 4. The molecule has 1 aliphatic heterocycles. The van der Waals surface area contributed by atoms with Crippen LogP contribution in [-0.2, 0) is 16.3 Å². The number of piperazine rings is 1. The largest absolute Gasteiger partial charge is 0.367 e. The topological polar surface area (TPSA) is 49.4 Å². The van der Waals surface area contributed by atoms with Crippen molar-refractivity contribution in [1.29, 1.82) is 0 Å². The van der Waals surface area contributed by atoms with Crippen LogP contribution < -0.4 is 10.2 Å². The van der Waals surface area contributed by atoms with Gasteiger partial charge in [0.05, 0.1) is 20.9 Å². The highest BCUT2D eigenvalue weighted by Gasteiger charge is 2.30. The number of nitrogens with zero attached hydrogens (tertiary/aromatic N) is 1. The molecule has 4 nitrogen and oxygen atoms in total. The number of benzene rings is 1. The van der Waals surface area contributed by atoms with Gasteiger partial charge in [0.15, 0.2) is 9.84 Å². The summed E-state index contributed by atoms with van der Waals surface area (Å²) in [6, 6.07) is 3.96. The van der Waals surface area contributed by atoms with E-state index in [1.165, 1.54) is 0 Å². The van der Waals surface area contributed by atoms with E-state index in [2.05, 4.69) is 10.2 Å². The maximum Gasteiger partial charge on any atom is 0.184 e. The quantitative estimate of drug-likeness (QED) is 0.764. The normalized spacial score (nSPS) is 22.9. The van der Waals surface area contributed by atoms with Gasteiger partial charge in [-0.15, -0.1) is 0 Å². The summed E-state index contributed by atoms with van der Waals surface area (Å²) in [6.07, 6.45) is 9.82. The van der Waals surface area contributed by atoms with Crippen molar-refractivity contribution in [2.75, 3.05) is 31.1 Å². The Morgan fingerprint density at radius 1 is 1.11 bits per heavy atom. The summed E-state index contributed by atoms with van der Waals surface area (Å²) in [5.74, 6) is 0. The van der Waals surface area contributed by atoms with Gasteiger partial charge in [-0.25, -0.2) is 8.42 Å². The van der Waals surface area contributed by atoms with E-state index >= 15 is 0 Å². The van der Waals surface area contributed by atoms with Gasteiger partial charge in [-0.3, -0.25) is 0 Å². The summed E-state index contributed by atoms with van der Waals surface area (Å²) in [7, 11) is -3.45. The maximum atomic E-state index is 13.2. The lowest BCUT2D eigenvalue weighted by molar-refractivity contribution is 0.588. The number of aryl methyl sites for hydroxylation is 1. The second kappa shape index (κ2) is 8.23. The van der Waals surface area contributed by atoms with Gasteiger partial charge >= 0.3 is 0 Å². The Labute approximate surface area is 176 Å². The molecule has 0 aromatic heterocycles. The molecule has 1 aromatic rings. The highest BCUT2D eigenvalue weighted by Crippen LogP contribution is 2.37. The number of halogens is 2. The molecule has 0 unspecified atom stereocenters. The molecule has 0 spiro atoms. The number of sulfone groups is 1. The highest BCUT2D eigenvalue weighted by atomic mass is 35.5. The summed E-state index contributed by atoms with van der Waals surface area (Å²) in [6.45, 7) is 3.62. The molecule has 1 fully saturated rings. The van der Waals surface area contributed by atoms with E-state index in [9.17, 15) is 8.42 Å². The Morgan fingerprint density at radius 3 is 2.64 bits per heavy atom. The van der Waals surface area contributed by atoms with Gasteiger partial charge in [0.1, 0.15) is 0 Å². The van der Waals surface area contributed by atoms with Crippen LogP contribution in [0.2, 0.25) is 5.02 Å². The predicted molar refractivity (Wildman–Crippen MR) is 118 cm³/mol. The van der Waals surface area contributed by atoms with Crippen LogP contribution in [0, 0.1) is 0 Å². The zero-order valence-corrected chi connectivity index (χ0v) is 18.0. The molecule has 3 aliphatic rings. The molecule has 0 bridgehead atoms. The van der Waals surface area contributed by atoms with Crippen molar-refractivity contribution in [2.24, 2.45) is 0 Å². The first-order chi connectivity index (χ1) is 13.5. The number of anilines is 1. The second-order valence-electron chi connectivity index (χ2n) is 7.42. The van der Waals surface area contributed by atoms with E-state index in [0.29, 0.717) is 35.6 Å². The fourth-order valence-corrected chi connectivity index (χ4v) is 6.40. The third-order valence-electron chi connectivity index (χ3n) is 5.62. The number of hydrogen-bond donors (Lipinski definition) is 1. The van der Waals surface area contributed by atoms with Crippen LogP contribution in [0.25, 0.3) is 6.08 Å². The van der Waals surface area contributed by atoms with Crippen LogP contribution >= 0.6 is 23.2 Å². The van der Waals surface area contributed by atoms with E-state index in [0.717, 1.165) is 48.0 Å². The predicted octanol–water partition coefficient (Wildman–Crippen LogP) is 4.29. The molecule has 1 atom stereocenters. The average Bonchev–Trinajstić information content (AvgIpc) is 2.92. The maximum absolute atomic E-state index is 13.2. The molecule has 7 heteroatoms. The second-order valence-corrected chi connectivity index (χ2v) is 10.5. The van der Waals surface area contributed by atoms with E-state index in [1.807, 2.05) is 24.3 Å². The minimum absolute atomic E-state index is 0.352. The molecular weight excluding hydrogens is 415 g/mol. The summed E-state index contributed by atoms with van der Waals surface area (Å²) in [4.78, 5) is 2.65. The van der Waals surface area contributed by atoms with E-state index in [1.54, 1.807) is 12.2 Å². The molecule has 1 N–H and O–H groups in total. The minimum atomic E-state index is -3.45. The summed E-state index contributed by atoms with van der Waals surface area (Å²) >= 11 is 12.7. The molecule has 2 aliphatic carbocycles. The highest BCUT2D eigenvalue weighted by molar-refractivity contribution is 7.96. The monoisotopic (exact) mass is 438 g/mol. The molecular formula is C21H24Cl2N2O2S. The zero-order chi connectivity index (χ0) is 19.7. The smallest absolute Gasteiger partial charge is 0.184 e. The summed E-state index contributed by atoms with van der Waals surface area (Å²) in [5, 5.41) is 4.13. The van der Waals surface area contributed by atoms with Crippen LogP contribution in [0.5, 0.6) is 0 Å². The number of allylic oxidation sites excluding steroid dienone is 3. The van der Waals surface area contributed by atoms with Gasteiger partial charge in [-0.1, -0.05) is 47.5 Å². The molecule has 0 saturated carbocycles. The number of fused-ring (bicyclic) bond motifs is 1. The molecule has 28 heavy (non-hydrogen) atoms. The number of rotatable bonds is 3. The molecule has 1 heterocycles. The van der Waals surface area contributed by atoms with Crippen molar-refractivity contribution in [3.63, 3.8) is 0 Å². The first-order valence-electron chi connectivity index (χ1n) is 9.72.